The standard InChI is InChI=1S/C14H17N3O3/c1-8(2)16-13(18)9(3)17-7-15-12-10(14(19)20)5-4-6-11(12)17/h4-9H,1-3H3,(H,16,18)(H,19,20). The number of rotatable bonds is 4. The van der Waals surface area contributed by atoms with Gasteiger partial charge in [-0.25, -0.2) is 9.78 Å². The third-order valence-corrected chi connectivity index (χ3v) is 3.06. The van der Waals surface area contributed by atoms with Crippen LogP contribution in [0.2, 0.25) is 0 Å². The van der Waals surface area contributed by atoms with E-state index >= 15 is 0 Å². The van der Waals surface area contributed by atoms with Crippen molar-refractivity contribution in [1.29, 1.82) is 0 Å². The molecule has 0 aliphatic carbocycles. The first-order valence-corrected chi connectivity index (χ1v) is 6.41. The highest BCUT2D eigenvalue weighted by atomic mass is 16.4. The molecule has 0 aliphatic heterocycles. The van der Waals surface area contributed by atoms with E-state index in [1.807, 2.05) is 13.8 Å². The van der Waals surface area contributed by atoms with Crippen LogP contribution in [0, 0.1) is 0 Å². The maximum absolute atomic E-state index is 12.0. The van der Waals surface area contributed by atoms with Gasteiger partial charge in [-0.1, -0.05) is 6.07 Å². The van der Waals surface area contributed by atoms with Gasteiger partial charge in [0.15, 0.2) is 0 Å². The molecular formula is C14H17N3O3. The number of carboxylic acid groups (broad SMARTS) is 1. The molecule has 0 fully saturated rings. The van der Waals surface area contributed by atoms with E-state index in [4.69, 9.17) is 5.11 Å². The number of aromatic nitrogens is 2. The molecule has 2 N–H and O–H groups in total. The Kier molecular flexibility index (Phi) is 3.74. The molecule has 0 spiro atoms. The predicted octanol–water partition coefficient (Wildman–Crippen LogP) is 1.82. The second-order valence-corrected chi connectivity index (χ2v) is 4.97. The average molecular weight is 275 g/mol. The molecule has 1 heterocycles. The summed E-state index contributed by atoms with van der Waals surface area (Å²) >= 11 is 0. The smallest absolute Gasteiger partial charge is 0.337 e. The summed E-state index contributed by atoms with van der Waals surface area (Å²) in [5, 5.41) is 12.0. The van der Waals surface area contributed by atoms with Crippen molar-refractivity contribution < 1.29 is 14.7 Å². The second-order valence-electron chi connectivity index (χ2n) is 4.97. The largest absolute Gasteiger partial charge is 0.478 e. The third kappa shape index (κ3) is 2.49. The van der Waals surface area contributed by atoms with Crippen LogP contribution in [0.15, 0.2) is 24.5 Å². The van der Waals surface area contributed by atoms with Crippen molar-refractivity contribution in [2.45, 2.75) is 32.9 Å². The van der Waals surface area contributed by atoms with Gasteiger partial charge in [0.1, 0.15) is 11.6 Å². The van der Waals surface area contributed by atoms with Gasteiger partial charge in [0.2, 0.25) is 5.91 Å². The van der Waals surface area contributed by atoms with Gasteiger partial charge < -0.3 is 15.0 Å². The van der Waals surface area contributed by atoms with Gasteiger partial charge in [0.05, 0.1) is 17.4 Å². The molecule has 2 aromatic rings. The lowest BCUT2D eigenvalue weighted by molar-refractivity contribution is -0.124. The van der Waals surface area contributed by atoms with Gasteiger partial charge in [0.25, 0.3) is 0 Å². The minimum absolute atomic E-state index is 0.0503. The number of nitrogens with zero attached hydrogens (tertiary/aromatic N) is 2. The normalized spacial score (nSPS) is 12.6. The molecular weight excluding hydrogens is 258 g/mol. The number of fused-ring (bicyclic) bond motifs is 1. The Morgan fingerprint density at radius 2 is 2.00 bits per heavy atom. The molecule has 106 valence electrons. The van der Waals surface area contributed by atoms with Crippen molar-refractivity contribution in [3.8, 4) is 0 Å². The van der Waals surface area contributed by atoms with E-state index in [-0.39, 0.29) is 17.5 Å². The zero-order valence-corrected chi connectivity index (χ0v) is 11.6. The first-order chi connectivity index (χ1) is 9.41. The van der Waals surface area contributed by atoms with Gasteiger partial charge in [-0.05, 0) is 32.9 Å². The Morgan fingerprint density at radius 1 is 1.30 bits per heavy atom. The number of carbonyl (C=O) groups is 2. The summed E-state index contributed by atoms with van der Waals surface area (Å²) in [6, 6.07) is 4.51. The summed E-state index contributed by atoms with van der Waals surface area (Å²) < 4.78 is 1.68. The van der Waals surface area contributed by atoms with Gasteiger partial charge in [-0.3, -0.25) is 4.79 Å². The average Bonchev–Trinajstić information content (AvgIpc) is 2.80. The van der Waals surface area contributed by atoms with Crippen molar-refractivity contribution in [3.63, 3.8) is 0 Å². The quantitative estimate of drug-likeness (QED) is 0.891. The van der Waals surface area contributed by atoms with Crippen LogP contribution in [0.4, 0.5) is 0 Å². The van der Waals surface area contributed by atoms with Crippen LogP contribution in [0.1, 0.15) is 37.2 Å². The van der Waals surface area contributed by atoms with Crippen LogP contribution in [0.5, 0.6) is 0 Å². The Bertz CT molecular complexity index is 661. The molecule has 0 saturated heterocycles. The summed E-state index contributed by atoms with van der Waals surface area (Å²) in [5.74, 6) is -1.15. The van der Waals surface area contributed by atoms with E-state index in [1.54, 1.807) is 23.6 Å². The maximum atomic E-state index is 12.0. The zero-order valence-electron chi connectivity index (χ0n) is 11.6. The fourth-order valence-electron chi connectivity index (χ4n) is 2.07. The molecule has 1 amide bonds. The van der Waals surface area contributed by atoms with Crippen molar-refractivity contribution in [2.75, 3.05) is 0 Å². The van der Waals surface area contributed by atoms with Crippen LogP contribution in [0.25, 0.3) is 11.0 Å². The summed E-state index contributed by atoms with van der Waals surface area (Å²) in [6.07, 6.45) is 1.50. The lowest BCUT2D eigenvalue weighted by atomic mass is 10.2. The highest BCUT2D eigenvalue weighted by Gasteiger charge is 2.19. The first-order valence-electron chi connectivity index (χ1n) is 6.41. The highest BCUT2D eigenvalue weighted by molar-refractivity contribution is 6.01. The molecule has 20 heavy (non-hydrogen) atoms. The van der Waals surface area contributed by atoms with Crippen LogP contribution in [0.3, 0.4) is 0 Å². The van der Waals surface area contributed by atoms with Crippen molar-refractivity contribution >= 4 is 22.9 Å². The number of imidazole rings is 1. The van der Waals surface area contributed by atoms with Gasteiger partial charge in [0, 0.05) is 6.04 Å². The number of amides is 1. The lowest BCUT2D eigenvalue weighted by Crippen LogP contribution is -2.35. The van der Waals surface area contributed by atoms with Crippen LogP contribution in [-0.2, 0) is 4.79 Å². The Hall–Kier alpha value is -2.37. The summed E-state index contributed by atoms with van der Waals surface area (Å²) in [4.78, 5) is 27.3. The maximum Gasteiger partial charge on any atom is 0.337 e. The molecule has 0 aliphatic rings. The van der Waals surface area contributed by atoms with E-state index in [0.29, 0.717) is 11.0 Å². The lowest BCUT2D eigenvalue weighted by Gasteiger charge is -2.16. The highest BCUT2D eigenvalue weighted by Crippen LogP contribution is 2.21. The molecule has 2 rings (SSSR count). The van der Waals surface area contributed by atoms with Crippen molar-refractivity contribution in [2.24, 2.45) is 0 Å². The van der Waals surface area contributed by atoms with Gasteiger partial charge in [-0.2, -0.15) is 0 Å². The number of nitrogens with one attached hydrogen (secondary N) is 1. The minimum Gasteiger partial charge on any atom is -0.478 e. The second kappa shape index (κ2) is 5.32. The summed E-state index contributed by atoms with van der Waals surface area (Å²) in [7, 11) is 0. The number of para-hydroxylation sites is 1. The molecule has 1 aromatic carbocycles. The SMILES string of the molecule is CC(C)NC(=O)C(C)n1cnc2c(C(=O)O)cccc21. The number of hydrogen-bond acceptors (Lipinski definition) is 3. The molecule has 1 atom stereocenters. The fraction of sp³-hybridized carbons (Fsp3) is 0.357. The van der Waals surface area contributed by atoms with Crippen molar-refractivity contribution in [3.05, 3.63) is 30.1 Å². The summed E-state index contributed by atoms with van der Waals surface area (Å²) in [6.45, 7) is 5.53. The summed E-state index contributed by atoms with van der Waals surface area (Å²) in [5.41, 5.74) is 1.17. The molecule has 0 bridgehead atoms. The monoisotopic (exact) mass is 275 g/mol. The molecule has 1 aromatic heterocycles. The first kappa shape index (κ1) is 14.0. The van der Waals surface area contributed by atoms with Crippen LogP contribution in [-0.4, -0.2) is 32.6 Å². The van der Waals surface area contributed by atoms with E-state index in [1.165, 1.54) is 12.4 Å². The number of hydrogen-bond donors (Lipinski definition) is 2. The van der Waals surface area contributed by atoms with Crippen molar-refractivity contribution in [1.82, 2.24) is 14.9 Å². The van der Waals surface area contributed by atoms with Crippen LogP contribution >= 0.6 is 0 Å². The zero-order chi connectivity index (χ0) is 14.9. The number of benzene rings is 1. The molecule has 6 heteroatoms. The molecule has 6 nitrogen and oxygen atoms in total. The topological polar surface area (TPSA) is 84.2 Å². The number of carbonyl (C=O) groups excluding carboxylic acids is 1. The Labute approximate surface area is 116 Å². The number of aromatic carboxylic acids is 1. The van der Waals surface area contributed by atoms with Gasteiger partial charge >= 0.3 is 5.97 Å². The minimum atomic E-state index is -1.03. The van der Waals surface area contributed by atoms with Crippen LogP contribution < -0.4 is 5.32 Å². The predicted molar refractivity (Wildman–Crippen MR) is 74.7 cm³/mol. The van der Waals surface area contributed by atoms with E-state index in [2.05, 4.69) is 10.3 Å². The molecule has 0 radical (unpaired) electrons. The Balaban J connectivity index is 2.44. The van der Waals surface area contributed by atoms with E-state index in [9.17, 15) is 9.59 Å². The Morgan fingerprint density at radius 3 is 2.60 bits per heavy atom. The van der Waals surface area contributed by atoms with Gasteiger partial charge in [-0.15, -0.1) is 0 Å². The fourth-order valence-corrected chi connectivity index (χ4v) is 2.07. The molecule has 0 saturated carbocycles. The number of carboxylic acids is 1. The molecule has 1 unspecified atom stereocenters. The van der Waals surface area contributed by atoms with E-state index < -0.39 is 12.0 Å². The van der Waals surface area contributed by atoms with E-state index in [0.717, 1.165) is 0 Å². The third-order valence-electron chi connectivity index (χ3n) is 3.06.